The summed E-state index contributed by atoms with van der Waals surface area (Å²) in [7, 11) is 0. The summed E-state index contributed by atoms with van der Waals surface area (Å²) in [6, 6.07) is 7.61. The molecule has 0 aliphatic rings. The van der Waals surface area contributed by atoms with Gasteiger partial charge >= 0.3 is 0 Å². The van der Waals surface area contributed by atoms with E-state index in [0.29, 0.717) is 5.03 Å². The number of halogens is 2. The van der Waals surface area contributed by atoms with Crippen molar-refractivity contribution in [1.82, 2.24) is 0 Å². The summed E-state index contributed by atoms with van der Waals surface area (Å²) in [5, 5.41) is 8.87. The number of allylic oxidation sites excluding steroid dienone is 1. The summed E-state index contributed by atoms with van der Waals surface area (Å²) < 4.78 is 1.04. The second kappa shape index (κ2) is 4.45. The molecule has 0 amide bonds. The molecule has 0 fully saturated rings. The van der Waals surface area contributed by atoms with Crippen LogP contribution in [0.3, 0.4) is 0 Å². The molecular formula is C10H7BrClN. The van der Waals surface area contributed by atoms with Gasteiger partial charge in [-0.05, 0) is 30.2 Å². The second-order valence-electron chi connectivity index (χ2n) is 2.59. The van der Waals surface area contributed by atoms with E-state index >= 15 is 0 Å². The Morgan fingerprint density at radius 2 is 2.31 bits per heavy atom. The van der Waals surface area contributed by atoms with E-state index in [4.69, 9.17) is 16.9 Å². The number of nitriles is 1. The van der Waals surface area contributed by atoms with Crippen molar-refractivity contribution >= 4 is 32.6 Å². The van der Waals surface area contributed by atoms with Crippen LogP contribution in [0.25, 0.3) is 5.03 Å². The van der Waals surface area contributed by atoms with Gasteiger partial charge in [-0.25, -0.2) is 0 Å². The molecule has 0 unspecified atom stereocenters. The highest BCUT2D eigenvalue weighted by atomic mass is 79.9. The number of nitrogens with zero attached hydrogens (tertiary/aromatic N) is 1. The van der Waals surface area contributed by atoms with E-state index in [-0.39, 0.29) is 0 Å². The van der Waals surface area contributed by atoms with Crippen LogP contribution in [0.1, 0.15) is 11.1 Å². The largest absolute Gasteiger partial charge is 0.193 e. The van der Waals surface area contributed by atoms with Gasteiger partial charge in [-0.2, -0.15) is 5.26 Å². The Balaban J connectivity index is 3.13. The Hall–Kier alpha value is -0.780. The van der Waals surface area contributed by atoms with Gasteiger partial charge in [-0.3, -0.25) is 0 Å². The standard InChI is InChI=1S/C10H7BrClN/c1-7-6-8(2-3-9(7)11)10(12)4-5-13/h2-4,6H,1H3. The van der Waals surface area contributed by atoms with Crippen molar-refractivity contribution < 1.29 is 0 Å². The average molecular weight is 257 g/mol. The molecule has 0 N–H and O–H groups in total. The molecule has 1 aromatic rings. The number of hydrogen-bond donors (Lipinski definition) is 0. The van der Waals surface area contributed by atoms with Gasteiger partial charge in [0.1, 0.15) is 0 Å². The van der Waals surface area contributed by atoms with Gasteiger partial charge in [0.25, 0.3) is 0 Å². The minimum atomic E-state index is 0.470. The molecule has 0 spiro atoms. The third kappa shape index (κ3) is 2.58. The Kier molecular flexibility index (Phi) is 3.53. The summed E-state index contributed by atoms with van der Waals surface area (Å²) >= 11 is 9.24. The van der Waals surface area contributed by atoms with Gasteiger partial charge in [-0.1, -0.05) is 33.6 Å². The van der Waals surface area contributed by atoms with Crippen LogP contribution in [0.4, 0.5) is 0 Å². The van der Waals surface area contributed by atoms with Crippen LogP contribution in [0.15, 0.2) is 28.7 Å². The normalized spacial score (nSPS) is 11.1. The van der Waals surface area contributed by atoms with Gasteiger partial charge in [0.05, 0.1) is 11.1 Å². The zero-order chi connectivity index (χ0) is 9.84. The van der Waals surface area contributed by atoms with Crippen LogP contribution in [-0.4, -0.2) is 0 Å². The first kappa shape index (κ1) is 10.3. The molecule has 0 heterocycles. The van der Waals surface area contributed by atoms with Gasteiger partial charge < -0.3 is 0 Å². The van der Waals surface area contributed by atoms with E-state index in [1.54, 1.807) is 0 Å². The minimum absolute atomic E-state index is 0.470. The van der Waals surface area contributed by atoms with Crippen molar-refractivity contribution in [1.29, 1.82) is 5.26 Å². The van der Waals surface area contributed by atoms with Crippen molar-refractivity contribution in [2.24, 2.45) is 0 Å². The molecule has 1 aromatic carbocycles. The van der Waals surface area contributed by atoms with Crippen LogP contribution in [0.5, 0.6) is 0 Å². The smallest absolute Gasteiger partial charge is 0.0927 e. The van der Waals surface area contributed by atoms with Gasteiger partial charge in [-0.15, -0.1) is 0 Å². The molecule has 0 aliphatic heterocycles. The van der Waals surface area contributed by atoms with Gasteiger partial charge in [0.15, 0.2) is 0 Å². The molecule has 13 heavy (non-hydrogen) atoms. The lowest BCUT2D eigenvalue weighted by Gasteiger charge is -2.01. The second-order valence-corrected chi connectivity index (χ2v) is 3.85. The number of benzene rings is 1. The van der Waals surface area contributed by atoms with Crippen molar-refractivity contribution in [2.75, 3.05) is 0 Å². The van der Waals surface area contributed by atoms with E-state index in [1.807, 2.05) is 31.2 Å². The Morgan fingerprint density at radius 3 is 2.85 bits per heavy atom. The van der Waals surface area contributed by atoms with Crippen LogP contribution in [0.2, 0.25) is 0 Å². The molecule has 3 heteroatoms. The average Bonchev–Trinajstić information content (AvgIpc) is 2.10. The fraction of sp³-hybridized carbons (Fsp3) is 0.100. The molecule has 0 saturated heterocycles. The molecule has 1 nitrogen and oxygen atoms in total. The molecule has 0 radical (unpaired) electrons. The maximum absolute atomic E-state index is 8.40. The molecule has 0 aromatic heterocycles. The Morgan fingerprint density at radius 1 is 1.62 bits per heavy atom. The zero-order valence-electron chi connectivity index (χ0n) is 7.01. The molecule has 66 valence electrons. The van der Waals surface area contributed by atoms with Gasteiger partial charge in [0.2, 0.25) is 0 Å². The summed E-state index contributed by atoms with van der Waals surface area (Å²) in [4.78, 5) is 0. The van der Waals surface area contributed by atoms with Crippen molar-refractivity contribution in [2.45, 2.75) is 6.92 Å². The molecule has 0 saturated carbocycles. The highest BCUT2D eigenvalue weighted by molar-refractivity contribution is 9.10. The van der Waals surface area contributed by atoms with Crippen LogP contribution in [-0.2, 0) is 0 Å². The molecule has 0 aliphatic carbocycles. The Bertz CT molecular complexity index is 390. The third-order valence-electron chi connectivity index (χ3n) is 1.62. The van der Waals surface area contributed by atoms with Crippen molar-refractivity contribution in [3.05, 3.63) is 39.9 Å². The Labute approximate surface area is 90.8 Å². The SMILES string of the molecule is Cc1cc(C(Cl)=CC#N)ccc1Br. The number of hydrogen-bond acceptors (Lipinski definition) is 1. The molecule has 0 atom stereocenters. The fourth-order valence-electron chi connectivity index (χ4n) is 0.933. The summed E-state index contributed by atoms with van der Waals surface area (Å²) in [5.74, 6) is 0. The highest BCUT2D eigenvalue weighted by Gasteiger charge is 2.00. The first-order valence-corrected chi connectivity index (χ1v) is 4.84. The minimum Gasteiger partial charge on any atom is -0.193 e. The highest BCUT2D eigenvalue weighted by Crippen LogP contribution is 2.23. The summed E-state index contributed by atoms with van der Waals surface area (Å²) in [6.45, 7) is 1.98. The number of rotatable bonds is 1. The van der Waals surface area contributed by atoms with E-state index in [9.17, 15) is 0 Å². The summed E-state index contributed by atoms with van der Waals surface area (Å²) in [6.07, 6.45) is 1.32. The lowest BCUT2D eigenvalue weighted by atomic mass is 10.1. The van der Waals surface area contributed by atoms with Crippen LogP contribution < -0.4 is 0 Å². The lowest BCUT2D eigenvalue weighted by Crippen LogP contribution is -1.80. The summed E-state index contributed by atoms with van der Waals surface area (Å²) in [5.41, 5.74) is 1.96. The molecule has 1 rings (SSSR count). The predicted octanol–water partition coefficient (Wildman–Crippen LogP) is 3.86. The first-order valence-electron chi connectivity index (χ1n) is 3.67. The van der Waals surface area contributed by atoms with Crippen molar-refractivity contribution in [3.8, 4) is 6.07 Å². The number of aryl methyl sites for hydroxylation is 1. The maximum atomic E-state index is 8.40. The monoisotopic (exact) mass is 255 g/mol. The van der Waals surface area contributed by atoms with E-state index in [1.165, 1.54) is 6.08 Å². The predicted molar refractivity (Wildman–Crippen MR) is 58.3 cm³/mol. The quantitative estimate of drug-likeness (QED) is 0.700. The molecule has 0 bridgehead atoms. The van der Waals surface area contributed by atoms with E-state index < -0.39 is 0 Å². The zero-order valence-corrected chi connectivity index (χ0v) is 9.35. The van der Waals surface area contributed by atoms with Crippen LogP contribution >= 0.6 is 27.5 Å². The van der Waals surface area contributed by atoms with E-state index in [2.05, 4.69) is 15.9 Å². The lowest BCUT2D eigenvalue weighted by molar-refractivity contribution is 1.42. The van der Waals surface area contributed by atoms with Crippen molar-refractivity contribution in [3.63, 3.8) is 0 Å². The molecular weight excluding hydrogens is 249 g/mol. The fourth-order valence-corrected chi connectivity index (χ4v) is 1.35. The maximum Gasteiger partial charge on any atom is 0.0927 e. The van der Waals surface area contributed by atoms with Gasteiger partial charge in [0, 0.05) is 10.5 Å². The topological polar surface area (TPSA) is 23.8 Å². The van der Waals surface area contributed by atoms with E-state index in [0.717, 1.165) is 15.6 Å². The third-order valence-corrected chi connectivity index (χ3v) is 2.84. The first-order chi connectivity index (χ1) is 6.15. The van der Waals surface area contributed by atoms with Crippen LogP contribution in [0, 0.1) is 18.3 Å².